The van der Waals surface area contributed by atoms with E-state index in [1.807, 2.05) is 18.2 Å². The number of nitrogens with zero attached hydrogens (tertiary/aromatic N) is 1. The summed E-state index contributed by atoms with van der Waals surface area (Å²) in [4.78, 5) is 2.37. The van der Waals surface area contributed by atoms with Crippen LogP contribution in [0.4, 0.5) is 0 Å². The van der Waals surface area contributed by atoms with Crippen LogP contribution in [0.25, 0.3) is 0 Å². The van der Waals surface area contributed by atoms with E-state index in [1.54, 1.807) is 14.2 Å². The summed E-state index contributed by atoms with van der Waals surface area (Å²) in [5.74, 6) is 1.62. The molecule has 0 amide bonds. The number of aliphatic hydroxyl groups excluding tert-OH is 2. The third-order valence-electron chi connectivity index (χ3n) is 4.85. The Morgan fingerprint density at radius 2 is 1.68 bits per heavy atom. The number of hydrogen-bond donors (Lipinski definition) is 2. The number of methoxy groups -OCH3 is 2. The molecule has 1 atom stereocenters. The van der Waals surface area contributed by atoms with Gasteiger partial charge in [-0.3, -0.25) is 4.90 Å². The van der Waals surface area contributed by atoms with Gasteiger partial charge in [0.15, 0.2) is 0 Å². The molecule has 0 aliphatic heterocycles. The number of aliphatic hydroxyl groups is 2. The maximum Gasteiger partial charge on any atom is 0.122 e. The highest BCUT2D eigenvalue weighted by atomic mass is 16.5. The summed E-state index contributed by atoms with van der Waals surface area (Å²) in [6.45, 7) is 0.806. The minimum absolute atomic E-state index is 0.183. The quantitative estimate of drug-likeness (QED) is 0.706. The lowest BCUT2D eigenvalue weighted by Gasteiger charge is -2.35. The van der Waals surface area contributed by atoms with Gasteiger partial charge in [-0.2, -0.15) is 0 Å². The predicted octanol–water partition coefficient (Wildman–Crippen LogP) is 1.82. The summed E-state index contributed by atoms with van der Waals surface area (Å²) in [7, 11) is 5.47. The zero-order valence-corrected chi connectivity index (χ0v) is 15.5. The third-order valence-corrected chi connectivity index (χ3v) is 4.85. The Morgan fingerprint density at radius 1 is 1.08 bits per heavy atom. The van der Waals surface area contributed by atoms with E-state index in [0.29, 0.717) is 6.04 Å². The minimum Gasteiger partial charge on any atom is -0.497 e. The summed E-state index contributed by atoms with van der Waals surface area (Å²) >= 11 is 0. The van der Waals surface area contributed by atoms with Crippen LogP contribution in [-0.4, -0.2) is 67.8 Å². The van der Waals surface area contributed by atoms with E-state index >= 15 is 0 Å². The fourth-order valence-corrected chi connectivity index (χ4v) is 3.33. The second-order valence-electron chi connectivity index (χ2n) is 6.74. The van der Waals surface area contributed by atoms with Crippen LogP contribution in [0.3, 0.4) is 0 Å². The van der Waals surface area contributed by atoms with Crippen LogP contribution in [0.15, 0.2) is 18.2 Å². The zero-order chi connectivity index (χ0) is 18.2. The first-order valence-electron chi connectivity index (χ1n) is 8.88. The second-order valence-corrected chi connectivity index (χ2v) is 6.74. The largest absolute Gasteiger partial charge is 0.497 e. The molecule has 6 heteroatoms. The maximum atomic E-state index is 9.37. The van der Waals surface area contributed by atoms with Gasteiger partial charge in [0.05, 0.1) is 33.5 Å². The predicted molar refractivity (Wildman–Crippen MR) is 96.1 cm³/mol. The Kier molecular flexibility index (Phi) is 7.96. The van der Waals surface area contributed by atoms with Crippen LogP contribution in [0.5, 0.6) is 11.5 Å². The molecule has 0 heterocycles. The number of benzene rings is 1. The molecule has 0 radical (unpaired) electrons. The first-order chi connectivity index (χ1) is 12.0. The molecule has 0 spiro atoms. The lowest BCUT2D eigenvalue weighted by atomic mass is 9.91. The highest BCUT2D eigenvalue weighted by Gasteiger charge is 2.25. The summed E-state index contributed by atoms with van der Waals surface area (Å²) in [5, 5.41) is 18.2. The number of ether oxygens (including phenoxy) is 3. The van der Waals surface area contributed by atoms with Crippen LogP contribution < -0.4 is 9.47 Å². The average molecular weight is 353 g/mol. The van der Waals surface area contributed by atoms with Crippen LogP contribution in [-0.2, 0) is 11.3 Å². The van der Waals surface area contributed by atoms with E-state index in [1.165, 1.54) is 5.56 Å². The van der Waals surface area contributed by atoms with Gasteiger partial charge in [0.2, 0.25) is 0 Å². The Morgan fingerprint density at radius 3 is 2.20 bits per heavy atom. The van der Waals surface area contributed by atoms with Crippen molar-refractivity contribution in [2.24, 2.45) is 0 Å². The summed E-state index contributed by atoms with van der Waals surface area (Å²) in [6.07, 6.45) is 3.50. The van der Waals surface area contributed by atoms with Gasteiger partial charge in [0.1, 0.15) is 17.6 Å². The molecule has 1 fully saturated rings. The Bertz CT molecular complexity index is 494. The highest BCUT2D eigenvalue weighted by Crippen LogP contribution is 2.28. The molecule has 2 rings (SSSR count). The molecule has 1 saturated carbocycles. The fraction of sp³-hybridized carbons (Fsp3) is 0.684. The molecule has 6 nitrogen and oxygen atoms in total. The molecule has 0 aromatic heterocycles. The Balaban J connectivity index is 1.83. The smallest absolute Gasteiger partial charge is 0.122 e. The summed E-state index contributed by atoms with van der Waals surface area (Å²) in [6, 6.07) is 6.49. The van der Waals surface area contributed by atoms with E-state index in [4.69, 9.17) is 19.3 Å². The van der Waals surface area contributed by atoms with Gasteiger partial charge in [-0.1, -0.05) is 0 Å². The van der Waals surface area contributed by atoms with Crippen molar-refractivity contribution in [1.82, 2.24) is 4.90 Å². The van der Waals surface area contributed by atoms with Crippen LogP contribution >= 0.6 is 0 Å². The molecular weight excluding hydrogens is 322 g/mol. The topological polar surface area (TPSA) is 71.4 Å². The maximum absolute atomic E-state index is 9.37. The van der Waals surface area contributed by atoms with Gasteiger partial charge < -0.3 is 24.4 Å². The summed E-state index contributed by atoms with van der Waals surface area (Å²) < 4.78 is 16.4. The zero-order valence-electron chi connectivity index (χ0n) is 15.5. The Labute approximate surface area is 150 Å². The normalized spacial score (nSPS) is 22.0. The molecule has 1 aromatic rings. The van der Waals surface area contributed by atoms with Crippen LogP contribution in [0.2, 0.25) is 0 Å². The molecule has 2 N–H and O–H groups in total. The standard InChI is InChI=1S/C19H31NO5/c1-20(11-14-8-18(23-2)10-19(9-14)24-3)15-4-6-17(7-5-15)25-13-16(22)12-21/h8-10,15-17,21-22H,4-7,11-13H2,1-3H3/t15-,16?,17-. The number of hydrogen-bond acceptors (Lipinski definition) is 6. The van der Waals surface area contributed by atoms with E-state index in [0.717, 1.165) is 43.7 Å². The molecule has 142 valence electrons. The van der Waals surface area contributed by atoms with Crippen molar-refractivity contribution in [3.8, 4) is 11.5 Å². The van der Waals surface area contributed by atoms with Gasteiger partial charge in [-0.25, -0.2) is 0 Å². The van der Waals surface area contributed by atoms with Crippen molar-refractivity contribution in [1.29, 1.82) is 0 Å². The summed E-state index contributed by atoms with van der Waals surface area (Å²) in [5.41, 5.74) is 1.17. The monoisotopic (exact) mass is 353 g/mol. The first-order valence-corrected chi connectivity index (χ1v) is 8.88. The van der Waals surface area contributed by atoms with Gasteiger partial charge in [-0.05, 0) is 50.4 Å². The second kappa shape index (κ2) is 9.97. The van der Waals surface area contributed by atoms with Gasteiger partial charge in [0.25, 0.3) is 0 Å². The lowest BCUT2D eigenvalue weighted by molar-refractivity contribution is -0.0468. The SMILES string of the molecule is COc1cc(CN(C)[C@H]2CC[C@H](OCC(O)CO)CC2)cc(OC)c1. The first kappa shape index (κ1) is 20.0. The third kappa shape index (κ3) is 6.15. The molecule has 25 heavy (non-hydrogen) atoms. The van der Waals surface area contributed by atoms with Gasteiger partial charge in [-0.15, -0.1) is 0 Å². The molecule has 1 unspecified atom stereocenters. The average Bonchev–Trinajstić information content (AvgIpc) is 2.65. The highest BCUT2D eigenvalue weighted by molar-refractivity contribution is 5.38. The Hall–Kier alpha value is -1.34. The van der Waals surface area contributed by atoms with Crippen LogP contribution in [0.1, 0.15) is 31.2 Å². The molecule has 0 bridgehead atoms. The molecule has 1 aromatic carbocycles. The molecule has 0 saturated heterocycles. The van der Waals surface area contributed by atoms with E-state index in [-0.39, 0.29) is 19.3 Å². The van der Waals surface area contributed by atoms with Crippen molar-refractivity contribution in [3.63, 3.8) is 0 Å². The van der Waals surface area contributed by atoms with Crippen molar-refractivity contribution in [3.05, 3.63) is 23.8 Å². The molecular formula is C19H31NO5. The van der Waals surface area contributed by atoms with E-state index in [2.05, 4.69) is 11.9 Å². The van der Waals surface area contributed by atoms with Gasteiger partial charge >= 0.3 is 0 Å². The fourth-order valence-electron chi connectivity index (χ4n) is 3.33. The minimum atomic E-state index is -0.775. The lowest BCUT2D eigenvalue weighted by Crippen LogP contribution is -2.37. The van der Waals surface area contributed by atoms with Gasteiger partial charge in [0, 0.05) is 18.7 Å². The van der Waals surface area contributed by atoms with E-state index in [9.17, 15) is 5.11 Å². The molecule has 1 aliphatic rings. The van der Waals surface area contributed by atoms with Crippen molar-refractivity contribution < 1.29 is 24.4 Å². The van der Waals surface area contributed by atoms with Crippen molar-refractivity contribution in [2.45, 2.75) is 50.5 Å². The molecule has 1 aliphatic carbocycles. The van der Waals surface area contributed by atoms with Crippen molar-refractivity contribution >= 4 is 0 Å². The number of rotatable bonds is 9. The van der Waals surface area contributed by atoms with Crippen LogP contribution in [0, 0.1) is 0 Å². The van der Waals surface area contributed by atoms with E-state index < -0.39 is 6.10 Å². The van der Waals surface area contributed by atoms with Crippen molar-refractivity contribution in [2.75, 3.05) is 34.5 Å².